The van der Waals surface area contributed by atoms with Crippen molar-refractivity contribution < 1.29 is 4.39 Å². The van der Waals surface area contributed by atoms with E-state index in [4.69, 9.17) is 0 Å². The Kier molecular flexibility index (Phi) is 3.19. The molecule has 6 heteroatoms. The molecule has 4 nitrogen and oxygen atoms in total. The summed E-state index contributed by atoms with van der Waals surface area (Å²) >= 11 is 3.20. The van der Waals surface area contributed by atoms with E-state index in [1.807, 2.05) is 0 Å². The van der Waals surface area contributed by atoms with Crippen LogP contribution in [0.2, 0.25) is 0 Å². The predicted molar refractivity (Wildman–Crippen MR) is 62.4 cm³/mol. The van der Waals surface area contributed by atoms with E-state index in [-0.39, 0.29) is 5.82 Å². The molecule has 0 amide bonds. The summed E-state index contributed by atoms with van der Waals surface area (Å²) in [5, 5.41) is 6.89. The summed E-state index contributed by atoms with van der Waals surface area (Å²) in [6.07, 6.45) is 1.47. The van der Waals surface area contributed by atoms with Crippen LogP contribution in [0.5, 0.6) is 0 Å². The van der Waals surface area contributed by atoms with E-state index >= 15 is 0 Å². The van der Waals surface area contributed by atoms with Crippen molar-refractivity contribution in [2.24, 2.45) is 7.05 Å². The van der Waals surface area contributed by atoms with Crippen LogP contribution in [-0.4, -0.2) is 14.8 Å². The van der Waals surface area contributed by atoms with Crippen LogP contribution in [-0.2, 0) is 13.6 Å². The van der Waals surface area contributed by atoms with Crippen molar-refractivity contribution in [1.82, 2.24) is 14.8 Å². The Bertz CT molecular complexity index is 497. The minimum absolute atomic E-state index is 0.295. The highest BCUT2D eigenvalue weighted by Gasteiger charge is 2.04. The maximum atomic E-state index is 13.4. The molecular weight excluding hydrogens is 275 g/mol. The van der Waals surface area contributed by atoms with Crippen LogP contribution in [0.15, 0.2) is 29.0 Å². The third-order valence-corrected chi connectivity index (χ3v) is 2.67. The summed E-state index contributed by atoms with van der Waals surface area (Å²) in [5.74, 6) is 0.457. The van der Waals surface area contributed by atoms with Crippen molar-refractivity contribution in [3.8, 4) is 0 Å². The Morgan fingerprint density at radius 3 is 2.94 bits per heavy atom. The SMILES string of the molecule is Cn1ncnc1CNc1ccc(Br)cc1F. The molecule has 1 aromatic heterocycles. The van der Waals surface area contributed by atoms with Crippen molar-refractivity contribution in [1.29, 1.82) is 0 Å². The molecule has 16 heavy (non-hydrogen) atoms. The van der Waals surface area contributed by atoms with Crippen molar-refractivity contribution >= 4 is 21.6 Å². The average molecular weight is 285 g/mol. The van der Waals surface area contributed by atoms with E-state index in [2.05, 4.69) is 31.3 Å². The summed E-state index contributed by atoms with van der Waals surface area (Å²) in [6, 6.07) is 4.87. The number of nitrogens with one attached hydrogen (secondary N) is 1. The minimum Gasteiger partial charge on any atom is -0.375 e. The van der Waals surface area contributed by atoms with Crippen LogP contribution in [0.25, 0.3) is 0 Å². The van der Waals surface area contributed by atoms with Gasteiger partial charge in [0, 0.05) is 11.5 Å². The molecule has 0 radical (unpaired) electrons. The zero-order valence-electron chi connectivity index (χ0n) is 8.61. The summed E-state index contributed by atoms with van der Waals surface area (Å²) in [7, 11) is 1.79. The highest BCUT2D eigenvalue weighted by atomic mass is 79.9. The molecule has 0 bridgehead atoms. The van der Waals surface area contributed by atoms with Gasteiger partial charge >= 0.3 is 0 Å². The molecule has 0 saturated carbocycles. The maximum Gasteiger partial charge on any atom is 0.147 e. The molecule has 0 saturated heterocycles. The highest BCUT2D eigenvalue weighted by molar-refractivity contribution is 9.10. The van der Waals surface area contributed by atoms with Gasteiger partial charge in [-0.25, -0.2) is 9.37 Å². The third-order valence-electron chi connectivity index (χ3n) is 2.17. The van der Waals surface area contributed by atoms with E-state index in [1.54, 1.807) is 23.9 Å². The highest BCUT2D eigenvalue weighted by Crippen LogP contribution is 2.19. The fraction of sp³-hybridized carbons (Fsp3) is 0.200. The minimum atomic E-state index is -0.295. The molecule has 0 aliphatic rings. The molecule has 0 spiro atoms. The molecule has 2 aromatic rings. The topological polar surface area (TPSA) is 42.7 Å². The lowest BCUT2D eigenvalue weighted by Gasteiger charge is -2.06. The van der Waals surface area contributed by atoms with Crippen LogP contribution < -0.4 is 5.32 Å². The van der Waals surface area contributed by atoms with Gasteiger partial charge in [0.2, 0.25) is 0 Å². The zero-order chi connectivity index (χ0) is 11.5. The number of aromatic nitrogens is 3. The molecule has 84 valence electrons. The maximum absolute atomic E-state index is 13.4. The molecule has 1 aromatic carbocycles. The van der Waals surface area contributed by atoms with Gasteiger partial charge in [-0.2, -0.15) is 5.10 Å². The van der Waals surface area contributed by atoms with Gasteiger partial charge in [-0.05, 0) is 18.2 Å². The third kappa shape index (κ3) is 2.38. The number of anilines is 1. The molecule has 1 heterocycles. The molecule has 0 aliphatic heterocycles. The Morgan fingerprint density at radius 1 is 1.50 bits per heavy atom. The number of hydrogen-bond acceptors (Lipinski definition) is 3. The molecule has 0 aliphatic carbocycles. The average Bonchev–Trinajstić information content (AvgIpc) is 2.63. The van der Waals surface area contributed by atoms with Crippen LogP contribution >= 0.6 is 15.9 Å². The molecule has 0 fully saturated rings. The van der Waals surface area contributed by atoms with Crippen molar-refractivity contribution in [2.45, 2.75) is 6.54 Å². The van der Waals surface area contributed by atoms with Gasteiger partial charge < -0.3 is 5.32 Å². The Labute approximate surface area is 101 Å². The monoisotopic (exact) mass is 284 g/mol. The van der Waals surface area contributed by atoms with Crippen LogP contribution in [0, 0.1) is 5.82 Å². The Hall–Kier alpha value is -1.43. The van der Waals surface area contributed by atoms with Gasteiger partial charge in [-0.15, -0.1) is 0 Å². The number of aryl methyl sites for hydroxylation is 1. The first-order chi connectivity index (χ1) is 7.66. The fourth-order valence-corrected chi connectivity index (χ4v) is 1.62. The number of hydrogen-bond donors (Lipinski definition) is 1. The van der Waals surface area contributed by atoms with Crippen LogP contribution in [0.3, 0.4) is 0 Å². The molecule has 0 unspecified atom stereocenters. The number of rotatable bonds is 3. The first-order valence-corrected chi connectivity index (χ1v) is 5.48. The largest absolute Gasteiger partial charge is 0.375 e. The molecule has 1 N–H and O–H groups in total. The summed E-state index contributed by atoms with van der Waals surface area (Å²) in [4.78, 5) is 4.04. The van der Waals surface area contributed by atoms with Crippen molar-refractivity contribution in [3.05, 3.63) is 40.6 Å². The number of nitrogens with zero attached hydrogens (tertiary/aromatic N) is 3. The van der Waals surface area contributed by atoms with Gasteiger partial charge in [0.1, 0.15) is 18.0 Å². The number of benzene rings is 1. The molecular formula is C10H10BrFN4. The predicted octanol–water partition coefficient (Wildman–Crippen LogP) is 2.33. The lowest BCUT2D eigenvalue weighted by atomic mass is 10.3. The van der Waals surface area contributed by atoms with E-state index in [0.29, 0.717) is 16.7 Å². The van der Waals surface area contributed by atoms with Crippen LogP contribution in [0.4, 0.5) is 10.1 Å². The molecule has 2 rings (SSSR count). The van der Waals surface area contributed by atoms with E-state index < -0.39 is 0 Å². The standard InChI is InChI=1S/C10H10BrFN4/c1-16-10(14-6-15-16)5-13-9-3-2-7(11)4-8(9)12/h2-4,6,13H,5H2,1H3. The first-order valence-electron chi connectivity index (χ1n) is 4.68. The zero-order valence-corrected chi connectivity index (χ0v) is 10.2. The van der Waals surface area contributed by atoms with Gasteiger partial charge in [0.15, 0.2) is 0 Å². The van der Waals surface area contributed by atoms with Crippen molar-refractivity contribution in [2.75, 3.05) is 5.32 Å². The van der Waals surface area contributed by atoms with Crippen molar-refractivity contribution in [3.63, 3.8) is 0 Å². The van der Waals surface area contributed by atoms with Crippen LogP contribution in [0.1, 0.15) is 5.82 Å². The smallest absolute Gasteiger partial charge is 0.147 e. The second-order valence-electron chi connectivity index (χ2n) is 3.28. The summed E-state index contributed by atoms with van der Waals surface area (Å²) in [5.41, 5.74) is 0.450. The second kappa shape index (κ2) is 4.61. The van der Waals surface area contributed by atoms with Gasteiger partial charge in [0.05, 0.1) is 12.2 Å². The van der Waals surface area contributed by atoms with E-state index in [0.717, 1.165) is 5.82 Å². The second-order valence-corrected chi connectivity index (χ2v) is 4.19. The van der Waals surface area contributed by atoms with E-state index in [9.17, 15) is 4.39 Å². The summed E-state index contributed by atoms with van der Waals surface area (Å²) in [6.45, 7) is 0.440. The Morgan fingerprint density at radius 2 is 2.31 bits per heavy atom. The lowest BCUT2D eigenvalue weighted by molar-refractivity contribution is 0.627. The lowest BCUT2D eigenvalue weighted by Crippen LogP contribution is -2.07. The van der Waals surface area contributed by atoms with E-state index in [1.165, 1.54) is 12.4 Å². The van der Waals surface area contributed by atoms with Gasteiger partial charge in [0.25, 0.3) is 0 Å². The summed E-state index contributed by atoms with van der Waals surface area (Å²) < 4.78 is 15.8. The van der Waals surface area contributed by atoms with Gasteiger partial charge in [-0.3, -0.25) is 4.68 Å². The fourth-order valence-electron chi connectivity index (χ4n) is 1.29. The molecule has 0 atom stereocenters. The Balaban J connectivity index is 2.08. The normalized spacial score (nSPS) is 10.4. The quantitative estimate of drug-likeness (QED) is 0.941. The number of halogens is 2. The first kappa shape index (κ1) is 11.1. The van der Waals surface area contributed by atoms with Gasteiger partial charge in [-0.1, -0.05) is 15.9 Å².